The molecule has 7 heteroatoms. The Hall–Kier alpha value is -2.31. The molecule has 7 nitrogen and oxygen atoms in total. The van der Waals surface area contributed by atoms with Gasteiger partial charge < -0.3 is 5.11 Å². The Balaban J connectivity index is 2.32. The molecule has 2 N–H and O–H groups in total. The number of aromatic amines is 1. The van der Waals surface area contributed by atoms with Crippen LogP contribution in [-0.4, -0.2) is 36.7 Å². The van der Waals surface area contributed by atoms with Crippen molar-refractivity contribution in [1.82, 2.24) is 25.6 Å². The van der Waals surface area contributed by atoms with Crippen molar-refractivity contribution < 1.29 is 9.90 Å². The van der Waals surface area contributed by atoms with Gasteiger partial charge in [0.25, 0.3) is 0 Å². The zero-order valence-corrected chi connectivity index (χ0v) is 8.24. The normalized spacial score (nSPS) is 12.2. The molecule has 16 heavy (non-hydrogen) atoms. The molecule has 0 aliphatic carbocycles. The second kappa shape index (κ2) is 4.47. The molecule has 0 aliphatic heterocycles. The zero-order chi connectivity index (χ0) is 11.4. The van der Waals surface area contributed by atoms with E-state index in [-0.39, 0.29) is 6.42 Å². The Bertz CT molecular complexity index is 456. The molecule has 0 radical (unpaired) electrons. The number of hydrogen-bond donors (Lipinski definition) is 2. The van der Waals surface area contributed by atoms with Gasteiger partial charge in [-0.05, 0) is 11.6 Å². The largest absolute Gasteiger partial charge is 0.481 e. The number of tetrazole rings is 1. The van der Waals surface area contributed by atoms with E-state index in [1.165, 1.54) is 0 Å². The molecule has 2 rings (SSSR count). The van der Waals surface area contributed by atoms with Crippen molar-refractivity contribution in [3.05, 3.63) is 35.9 Å². The quantitative estimate of drug-likeness (QED) is 0.761. The van der Waals surface area contributed by atoms with Crippen LogP contribution in [0.15, 0.2) is 24.5 Å². The highest BCUT2D eigenvalue weighted by Gasteiger charge is 2.21. The topological polar surface area (TPSA) is 105 Å². The van der Waals surface area contributed by atoms with Crippen molar-refractivity contribution in [2.45, 2.75) is 12.3 Å². The summed E-state index contributed by atoms with van der Waals surface area (Å²) in [5.41, 5.74) is 0.756. The molecule has 1 unspecified atom stereocenters. The van der Waals surface area contributed by atoms with E-state index in [1.54, 1.807) is 24.5 Å². The summed E-state index contributed by atoms with van der Waals surface area (Å²) in [4.78, 5) is 14.7. The highest BCUT2D eigenvalue weighted by Crippen LogP contribution is 2.23. The Labute approximate surface area is 90.5 Å². The number of hydrogen-bond acceptors (Lipinski definition) is 5. The van der Waals surface area contributed by atoms with Crippen LogP contribution in [-0.2, 0) is 4.79 Å². The number of carboxylic acid groups (broad SMARTS) is 1. The molecule has 0 bridgehead atoms. The van der Waals surface area contributed by atoms with Crippen molar-refractivity contribution in [2.24, 2.45) is 0 Å². The first kappa shape index (κ1) is 10.2. The maximum absolute atomic E-state index is 10.8. The Kier molecular flexibility index (Phi) is 2.86. The predicted octanol–water partition coefficient (Wildman–Crippen LogP) is 0.201. The van der Waals surface area contributed by atoms with Crippen LogP contribution in [0.1, 0.15) is 23.7 Å². The van der Waals surface area contributed by atoms with Gasteiger partial charge >= 0.3 is 5.97 Å². The number of nitrogens with one attached hydrogen (secondary N) is 1. The number of rotatable bonds is 4. The van der Waals surface area contributed by atoms with Crippen molar-refractivity contribution in [3.8, 4) is 0 Å². The number of aromatic nitrogens is 5. The van der Waals surface area contributed by atoms with Gasteiger partial charge in [0.1, 0.15) is 0 Å². The molecule has 0 saturated heterocycles. The molecule has 0 saturated carbocycles. The standard InChI is InChI=1S/C9H9N5O2/c15-8(16)4-7(9-11-13-14-12-9)6-2-1-3-10-5-6/h1-3,5,7H,4H2,(H,15,16)(H,11,12,13,14). The average molecular weight is 219 g/mol. The van der Waals surface area contributed by atoms with Crippen molar-refractivity contribution in [3.63, 3.8) is 0 Å². The van der Waals surface area contributed by atoms with Crippen molar-refractivity contribution >= 4 is 5.97 Å². The van der Waals surface area contributed by atoms with Crippen LogP contribution in [0.2, 0.25) is 0 Å². The van der Waals surface area contributed by atoms with E-state index in [1.807, 2.05) is 0 Å². The average Bonchev–Trinajstić information content (AvgIpc) is 2.80. The van der Waals surface area contributed by atoms with Crippen LogP contribution < -0.4 is 0 Å². The first-order valence-corrected chi connectivity index (χ1v) is 4.62. The lowest BCUT2D eigenvalue weighted by Gasteiger charge is -2.09. The number of aliphatic carboxylic acids is 1. The van der Waals surface area contributed by atoms with Gasteiger partial charge in [0.2, 0.25) is 0 Å². The summed E-state index contributed by atoms with van der Waals surface area (Å²) in [7, 11) is 0. The molecular weight excluding hydrogens is 210 g/mol. The third-order valence-corrected chi connectivity index (χ3v) is 2.14. The summed E-state index contributed by atoms with van der Waals surface area (Å²) in [5, 5.41) is 22.2. The Morgan fingerprint density at radius 2 is 2.44 bits per heavy atom. The number of H-pyrrole nitrogens is 1. The van der Waals surface area contributed by atoms with Gasteiger partial charge in [-0.3, -0.25) is 9.78 Å². The Morgan fingerprint density at radius 3 is 3.00 bits per heavy atom. The van der Waals surface area contributed by atoms with Gasteiger partial charge in [0.05, 0.1) is 12.3 Å². The molecule has 0 amide bonds. The van der Waals surface area contributed by atoms with E-state index in [0.29, 0.717) is 5.82 Å². The molecule has 0 fully saturated rings. The fourth-order valence-corrected chi connectivity index (χ4v) is 1.43. The molecule has 2 aromatic heterocycles. The molecule has 1 atom stereocenters. The molecule has 0 spiro atoms. The summed E-state index contributed by atoms with van der Waals surface area (Å²) in [6.45, 7) is 0. The fourth-order valence-electron chi connectivity index (χ4n) is 1.43. The van der Waals surface area contributed by atoms with E-state index in [9.17, 15) is 4.79 Å². The maximum atomic E-state index is 10.8. The van der Waals surface area contributed by atoms with Gasteiger partial charge in [-0.2, -0.15) is 5.21 Å². The van der Waals surface area contributed by atoms with Gasteiger partial charge in [-0.1, -0.05) is 11.3 Å². The van der Waals surface area contributed by atoms with Crippen LogP contribution in [0, 0.1) is 0 Å². The molecule has 0 aromatic carbocycles. The number of pyridine rings is 1. The summed E-state index contributed by atoms with van der Waals surface area (Å²) >= 11 is 0. The number of nitrogens with zero attached hydrogens (tertiary/aromatic N) is 4. The fraction of sp³-hybridized carbons (Fsp3) is 0.222. The van der Waals surface area contributed by atoms with Gasteiger partial charge in [-0.15, -0.1) is 10.2 Å². The Morgan fingerprint density at radius 1 is 1.56 bits per heavy atom. The summed E-state index contributed by atoms with van der Waals surface area (Å²) < 4.78 is 0. The SMILES string of the molecule is O=C(O)CC(c1cccnc1)c1nn[nH]n1. The summed E-state index contributed by atoms with van der Waals surface area (Å²) in [6, 6.07) is 3.53. The van der Waals surface area contributed by atoms with Crippen LogP contribution in [0.5, 0.6) is 0 Å². The third kappa shape index (κ3) is 2.19. The van der Waals surface area contributed by atoms with Gasteiger partial charge in [0, 0.05) is 12.4 Å². The van der Waals surface area contributed by atoms with Crippen LogP contribution in [0.25, 0.3) is 0 Å². The zero-order valence-electron chi connectivity index (χ0n) is 8.24. The van der Waals surface area contributed by atoms with Crippen LogP contribution in [0.3, 0.4) is 0 Å². The molecular formula is C9H9N5O2. The van der Waals surface area contributed by atoms with E-state index in [4.69, 9.17) is 5.11 Å². The van der Waals surface area contributed by atoms with E-state index < -0.39 is 11.9 Å². The lowest BCUT2D eigenvalue weighted by atomic mass is 9.97. The van der Waals surface area contributed by atoms with Crippen LogP contribution in [0.4, 0.5) is 0 Å². The minimum atomic E-state index is -0.918. The predicted molar refractivity (Wildman–Crippen MR) is 52.5 cm³/mol. The lowest BCUT2D eigenvalue weighted by Crippen LogP contribution is -2.10. The smallest absolute Gasteiger partial charge is 0.304 e. The highest BCUT2D eigenvalue weighted by atomic mass is 16.4. The number of carboxylic acids is 1. The molecule has 82 valence electrons. The third-order valence-electron chi connectivity index (χ3n) is 2.14. The monoisotopic (exact) mass is 219 g/mol. The number of carbonyl (C=O) groups is 1. The van der Waals surface area contributed by atoms with Gasteiger partial charge in [-0.25, -0.2) is 0 Å². The van der Waals surface area contributed by atoms with E-state index in [2.05, 4.69) is 25.6 Å². The minimum absolute atomic E-state index is 0.0920. The minimum Gasteiger partial charge on any atom is -0.481 e. The molecule has 0 aliphatic rings. The van der Waals surface area contributed by atoms with Crippen molar-refractivity contribution in [1.29, 1.82) is 0 Å². The van der Waals surface area contributed by atoms with E-state index in [0.717, 1.165) is 5.56 Å². The molecule has 2 aromatic rings. The second-order valence-corrected chi connectivity index (χ2v) is 3.21. The summed E-state index contributed by atoms with van der Waals surface area (Å²) in [5.74, 6) is -0.987. The van der Waals surface area contributed by atoms with Crippen LogP contribution >= 0.6 is 0 Å². The van der Waals surface area contributed by atoms with Gasteiger partial charge in [0.15, 0.2) is 5.82 Å². The lowest BCUT2D eigenvalue weighted by molar-refractivity contribution is -0.137. The van der Waals surface area contributed by atoms with E-state index >= 15 is 0 Å². The first-order valence-electron chi connectivity index (χ1n) is 4.62. The highest BCUT2D eigenvalue weighted by molar-refractivity contribution is 5.68. The maximum Gasteiger partial charge on any atom is 0.304 e. The first-order chi connectivity index (χ1) is 7.77. The van der Waals surface area contributed by atoms with Crippen molar-refractivity contribution in [2.75, 3.05) is 0 Å². The summed E-state index contributed by atoms with van der Waals surface area (Å²) in [6.07, 6.45) is 3.13. The molecule has 2 heterocycles. The second-order valence-electron chi connectivity index (χ2n) is 3.21.